The lowest BCUT2D eigenvalue weighted by molar-refractivity contribution is -0.115. The van der Waals surface area contributed by atoms with Crippen LogP contribution < -0.4 is 9.64 Å². The fourth-order valence-corrected chi connectivity index (χ4v) is 6.47. The maximum atomic E-state index is 12.6. The highest BCUT2D eigenvalue weighted by atomic mass is 16.5. The summed E-state index contributed by atoms with van der Waals surface area (Å²) in [6.45, 7) is 0.484. The molecule has 0 N–H and O–H groups in total. The van der Waals surface area contributed by atoms with Gasteiger partial charge in [0.15, 0.2) is 0 Å². The van der Waals surface area contributed by atoms with Crippen molar-refractivity contribution in [1.82, 2.24) is 4.90 Å². The highest BCUT2D eigenvalue weighted by molar-refractivity contribution is 6.52. The Morgan fingerprint density at radius 1 is 1.08 bits per heavy atom. The summed E-state index contributed by atoms with van der Waals surface area (Å²) in [5.41, 5.74) is 1.18. The van der Waals surface area contributed by atoms with Crippen LogP contribution in [0.3, 0.4) is 0 Å². The van der Waals surface area contributed by atoms with Crippen molar-refractivity contribution in [2.45, 2.75) is 38.1 Å². The minimum Gasteiger partial charge on any atom is -0.497 e. The standard InChI is InChI=1S/C21H26N2O3/c1-22(19-14-6-12-5-13(8-14)9-15(19)7-12)11-23-18-10-16(26-2)3-4-17(18)20(24)21(23)25/h3-4,10,12-15,19H,5-9,11H2,1-2H3. The van der Waals surface area contributed by atoms with Gasteiger partial charge in [0.2, 0.25) is 0 Å². The molecule has 0 atom stereocenters. The summed E-state index contributed by atoms with van der Waals surface area (Å²) in [5.74, 6) is 3.24. The number of amides is 1. The number of rotatable bonds is 4. The number of benzene rings is 1. The van der Waals surface area contributed by atoms with Crippen LogP contribution in [0.5, 0.6) is 5.75 Å². The average Bonchev–Trinajstić information content (AvgIpc) is 2.85. The molecule has 4 saturated carbocycles. The first-order chi connectivity index (χ1) is 12.5. The second-order valence-corrected chi connectivity index (χ2v) is 8.77. The van der Waals surface area contributed by atoms with Gasteiger partial charge in [-0.15, -0.1) is 0 Å². The molecule has 4 fully saturated rings. The van der Waals surface area contributed by atoms with Gasteiger partial charge in [0, 0.05) is 12.1 Å². The number of anilines is 1. The van der Waals surface area contributed by atoms with E-state index >= 15 is 0 Å². The van der Waals surface area contributed by atoms with Crippen LogP contribution in [0.1, 0.15) is 42.5 Å². The van der Waals surface area contributed by atoms with E-state index in [4.69, 9.17) is 4.74 Å². The van der Waals surface area contributed by atoms with Crippen LogP contribution >= 0.6 is 0 Å². The molecule has 0 saturated heterocycles. The molecule has 26 heavy (non-hydrogen) atoms. The summed E-state index contributed by atoms with van der Waals surface area (Å²) >= 11 is 0. The minimum atomic E-state index is -0.413. The quantitative estimate of drug-likeness (QED) is 0.780. The van der Waals surface area contributed by atoms with Crippen LogP contribution in [0, 0.1) is 23.7 Å². The molecule has 5 heteroatoms. The van der Waals surface area contributed by atoms with Crippen molar-refractivity contribution in [1.29, 1.82) is 0 Å². The average molecular weight is 354 g/mol. The van der Waals surface area contributed by atoms with Crippen LogP contribution in [-0.4, -0.2) is 43.5 Å². The van der Waals surface area contributed by atoms with Crippen molar-refractivity contribution in [3.05, 3.63) is 23.8 Å². The molecule has 1 aromatic carbocycles. The Bertz CT molecular complexity index is 747. The van der Waals surface area contributed by atoms with Crippen molar-refractivity contribution in [2.75, 3.05) is 25.7 Å². The zero-order valence-corrected chi connectivity index (χ0v) is 15.5. The summed E-state index contributed by atoms with van der Waals surface area (Å²) in [6.07, 6.45) is 6.83. The van der Waals surface area contributed by atoms with E-state index in [1.165, 1.54) is 32.1 Å². The Morgan fingerprint density at radius 3 is 2.35 bits per heavy atom. The van der Waals surface area contributed by atoms with Crippen LogP contribution in [-0.2, 0) is 4.79 Å². The van der Waals surface area contributed by atoms with Crippen molar-refractivity contribution < 1.29 is 14.3 Å². The lowest BCUT2D eigenvalue weighted by atomic mass is 9.54. The van der Waals surface area contributed by atoms with Gasteiger partial charge in [0.1, 0.15) is 5.75 Å². The van der Waals surface area contributed by atoms with E-state index in [9.17, 15) is 9.59 Å². The predicted molar refractivity (Wildman–Crippen MR) is 98.3 cm³/mol. The first-order valence-electron chi connectivity index (χ1n) is 9.79. The minimum absolute atomic E-state index is 0.402. The molecular weight excluding hydrogens is 328 g/mol. The third kappa shape index (κ3) is 2.33. The van der Waals surface area contributed by atoms with Gasteiger partial charge in [-0.2, -0.15) is 0 Å². The summed E-state index contributed by atoms with van der Waals surface area (Å²) in [5, 5.41) is 0. The summed E-state index contributed by atoms with van der Waals surface area (Å²) < 4.78 is 5.29. The largest absolute Gasteiger partial charge is 0.497 e. The molecule has 0 radical (unpaired) electrons. The van der Waals surface area contributed by atoms with Crippen LogP contribution in [0.2, 0.25) is 0 Å². The number of Topliss-reactive ketones (excluding diaryl/α,β-unsaturated/α-hetero) is 1. The van der Waals surface area contributed by atoms with Gasteiger partial charge in [-0.3, -0.25) is 19.4 Å². The molecule has 4 bridgehead atoms. The molecule has 1 aromatic rings. The molecular formula is C21H26N2O3. The molecule has 0 unspecified atom stereocenters. The van der Waals surface area contributed by atoms with Crippen molar-refractivity contribution >= 4 is 17.4 Å². The van der Waals surface area contributed by atoms with E-state index in [0.29, 0.717) is 29.7 Å². The Labute approximate surface area is 154 Å². The maximum Gasteiger partial charge on any atom is 0.300 e. The van der Waals surface area contributed by atoms with Crippen LogP contribution in [0.15, 0.2) is 18.2 Å². The number of fused-ring (bicyclic) bond motifs is 1. The molecule has 6 rings (SSSR count). The number of hydrogen-bond donors (Lipinski definition) is 0. The Balaban J connectivity index is 1.40. The van der Waals surface area contributed by atoms with Gasteiger partial charge >= 0.3 is 5.91 Å². The Morgan fingerprint density at radius 2 is 1.73 bits per heavy atom. The smallest absolute Gasteiger partial charge is 0.300 e. The SMILES string of the molecule is COc1ccc2c(c1)N(CN(C)C1C3CC4CC(C3)CC1C4)C(=O)C2=O. The van der Waals surface area contributed by atoms with E-state index < -0.39 is 11.7 Å². The molecule has 5 aliphatic rings. The van der Waals surface area contributed by atoms with Crippen LogP contribution in [0.25, 0.3) is 0 Å². The number of ketones is 1. The van der Waals surface area contributed by atoms with E-state index in [2.05, 4.69) is 11.9 Å². The fraction of sp³-hybridized carbons (Fsp3) is 0.619. The van der Waals surface area contributed by atoms with Gasteiger partial charge in [-0.1, -0.05) is 0 Å². The van der Waals surface area contributed by atoms with Crippen molar-refractivity contribution in [3.63, 3.8) is 0 Å². The number of nitrogens with zero attached hydrogens (tertiary/aromatic N) is 2. The first kappa shape index (κ1) is 16.3. The van der Waals surface area contributed by atoms with E-state index in [1.807, 2.05) is 6.07 Å². The summed E-state index contributed by atoms with van der Waals surface area (Å²) in [4.78, 5) is 28.9. The molecule has 1 heterocycles. The van der Waals surface area contributed by atoms with Crippen molar-refractivity contribution in [2.24, 2.45) is 23.7 Å². The molecule has 1 aliphatic heterocycles. The molecule has 4 aliphatic carbocycles. The number of ether oxygens (including phenoxy) is 1. The van der Waals surface area contributed by atoms with Crippen molar-refractivity contribution in [3.8, 4) is 5.75 Å². The fourth-order valence-electron chi connectivity index (χ4n) is 6.47. The lowest BCUT2D eigenvalue weighted by Crippen LogP contribution is -2.57. The third-order valence-corrected chi connectivity index (χ3v) is 7.23. The zero-order valence-electron chi connectivity index (χ0n) is 15.5. The predicted octanol–water partition coefficient (Wildman–Crippen LogP) is 2.94. The van der Waals surface area contributed by atoms with E-state index in [0.717, 1.165) is 23.7 Å². The third-order valence-electron chi connectivity index (χ3n) is 7.23. The maximum absolute atomic E-state index is 12.6. The highest BCUT2D eigenvalue weighted by Gasteiger charge is 2.50. The van der Waals surface area contributed by atoms with E-state index in [1.54, 1.807) is 24.1 Å². The molecule has 5 nitrogen and oxygen atoms in total. The molecule has 1 amide bonds. The number of hydrogen-bond acceptors (Lipinski definition) is 4. The summed E-state index contributed by atoms with van der Waals surface area (Å²) in [6, 6.07) is 5.80. The van der Waals surface area contributed by atoms with Gasteiger partial charge < -0.3 is 4.74 Å². The van der Waals surface area contributed by atoms with Gasteiger partial charge in [-0.05, 0) is 75.0 Å². The monoisotopic (exact) mass is 354 g/mol. The Hall–Kier alpha value is -1.88. The zero-order chi connectivity index (χ0) is 18.0. The molecule has 138 valence electrons. The highest BCUT2D eigenvalue weighted by Crippen LogP contribution is 2.55. The number of carbonyl (C=O) groups excluding carboxylic acids is 2. The summed E-state index contributed by atoms with van der Waals surface area (Å²) in [7, 11) is 3.73. The molecule has 0 aromatic heterocycles. The number of methoxy groups -OCH3 is 1. The lowest BCUT2D eigenvalue weighted by Gasteiger charge is -2.57. The normalized spacial score (nSPS) is 34.7. The molecule has 0 spiro atoms. The van der Waals surface area contributed by atoms with Crippen LogP contribution in [0.4, 0.5) is 5.69 Å². The van der Waals surface area contributed by atoms with Gasteiger partial charge in [-0.25, -0.2) is 0 Å². The Kier molecular flexibility index (Phi) is 3.64. The number of carbonyl (C=O) groups is 2. The van der Waals surface area contributed by atoms with E-state index in [-0.39, 0.29) is 0 Å². The second kappa shape index (κ2) is 5.81. The van der Waals surface area contributed by atoms with Gasteiger partial charge in [0.05, 0.1) is 25.0 Å². The first-order valence-corrected chi connectivity index (χ1v) is 9.79. The van der Waals surface area contributed by atoms with Gasteiger partial charge in [0.25, 0.3) is 5.78 Å². The second-order valence-electron chi connectivity index (χ2n) is 8.77. The topological polar surface area (TPSA) is 49.9 Å².